The number of rotatable bonds is 2. The lowest BCUT2D eigenvalue weighted by Crippen LogP contribution is -1.95. The summed E-state index contributed by atoms with van der Waals surface area (Å²) in [5.74, 6) is -0.948. The summed E-state index contributed by atoms with van der Waals surface area (Å²) < 4.78 is 0. The molecule has 0 atom stereocenters. The van der Waals surface area contributed by atoms with Crippen LogP contribution in [0.15, 0.2) is 29.3 Å². The molecule has 1 rings (SSSR count). The predicted molar refractivity (Wildman–Crippen MR) is 47.2 cm³/mol. The second-order valence-corrected chi connectivity index (χ2v) is 2.21. The van der Waals surface area contributed by atoms with Gasteiger partial charge in [0.15, 0.2) is 0 Å². The predicted octanol–water partition coefficient (Wildman–Crippen LogP) is 2.11. The van der Waals surface area contributed by atoms with Crippen LogP contribution in [0.5, 0.6) is 0 Å². The average Bonchev–Trinajstić information content (AvgIpc) is 2.05. The first-order chi connectivity index (χ1) is 5.75. The number of benzene rings is 1. The van der Waals surface area contributed by atoms with E-state index in [4.69, 9.17) is 5.11 Å². The van der Waals surface area contributed by atoms with E-state index in [0.29, 0.717) is 5.69 Å². The van der Waals surface area contributed by atoms with E-state index in [0.717, 1.165) is 0 Å². The maximum absolute atomic E-state index is 10.6. The zero-order valence-corrected chi connectivity index (χ0v) is 6.69. The number of para-hydroxylation sites is 1. The van der Waals surface area contributed by atoms with Gasteiger partial charge in [-0.05, 0) is 19.1 Å². The van der Waals surface area contributed by atoms with Crippen molar-refractivity contribution in [3.8, 4) is 0 Å². The van der Waals surface area contributed by atoms with E-state index in [1.54, 1.807) is 31.3 Å². The number of nitrogens with zero attached hydrogens (tertiary/aromatic N) is 1. The SMILES string of the molecule is CC=Nc1ccccc1C(=O)O. The summed E-state index contributed by atoms with van der Waals surface area (Å²) in [7, 11) is 0. The van der Waals surface area contributed by atoms with Gasteiger partial charge in [-0.15, -0.1) is 0 Å². The van der Waals surface area contributed by atoms with E-state index in [2.05, 4.69) is 4.99 Å². The average molecular weight is 163 g/mol. The van der Waals surface area contributed by atoms with Crippen LogP contribution in [0.25, 0.3) is 0 Å². The van der Waals surface area contributed by atoms with Crippen LogP contribution in [0.3, 0.4) is 0 Å². The largest absolute Gasteiger partial charge is 0.478 e. The summed E-state index contributed by atoms with van der Waals surface area (Å²) in [6, 6.07) is 6.64. The number of carboxylic acid groups (broad SMARTS) is 1. The van der Waals surface area contributed by atoms with Crippen molar-refractivity contribution in [2.45, 2.75) is 6.92 Å². The van der Waals surface area contributed by atoms with Gasteiger partial charge in [-0.2, -0.15) is 0 Å². The molecule has 0 radical (unpaired) electrons. The van der Waals surface area contributed by atoms with E-state index in [-0.39, 0.29) is 5.56 Å². The van der Waals surface area contributed by atoms with Crippen molar-refractivity contribution in [3.63, 3.8) is 0 Å². The van der Waals surface area contributed by atoms with Crippen LogP contribution in [0.1, 0.15) is 17.3 Å². The molecule has 0 heterocycles. The van der Waals surface area contributed by atoms with E-state index in [1.165, 1.54) is 6.07 Å². The normalized spacial score (nSPS) is 10.4. The van der Waals surface area contributed by atoms with Gasteiger partial charge in [0.05, 0.1) is 11.3 Å². The molecule has 0 aliphatic heterocycles. The molecule has 0 saturated carbocycles. The number of carbonyl (C=O) groups is 1. The lowest BCUT2D eigenvalue weighted by molar-refractivity contribution is 0.0698. The minimum absolute atomic E-state index is 0.232. The molecule has 0 saturated heterocycles. The lowest BCUT2D eigenvalue weighted by Gasteiger charge is -1.97. The third-order valence-electron chi connectivity index (χ3n) is 1.40. The Morgan fingerprint density at radius 2 is 2.17 bits per heavy atom. The van der Waals surface area contributed by atoms with Gasteiger partial charge in [0.25, 0.3) is 0 Å². The van der Waals surface area contributed by atoms with Crippen LogP contribution >= 0.6 is 0 Å². The van der Waals surface area contributed by atoms with Crippen LogP contribution in [-0.4, -0.2) is 17.3 Å². The minimum Gasteiger partial charge on any atom is -0.478 e. The maximum atomic E-state index is 10.6. The van der Waals surface area contributed by atoms with Crippen molar-refractivity contribution in [1.29, 1.82) is 0 Å². The number of aliphatic imine (C=N–C) groups is 1. The number of hydrogen-bond donors (Lipinski definition) is 1. The Kier molecular flexibility index (Phi) is 2.58. The van der Waals surface area contributed by atoms with Gasteiger partial charge in [0.1, 0.15) is 0 Å². The third kappa shape index (κ3) is 1.69. The van der Waals surface area contributed by atoms with Crippen LogP contribution in [0, 0.1) is 0 Å². The van der Waals surface area contributed by atoms with Crippen molar-refractivity contribution in [1.82, 2.24) is 0 Å². The Hall–Kier alpha value is -1.64. The Labute approximate surface area is 70.4 Å². The van der Waals surface area contributed by atoms with E-state index < -0.39 is 5.97 Å². The van der Waals surface area contributed by atoms with Crippen molar-refractivity contribution in [3.05, 3.63) is 29.8 Å². The highest BCUT2D eigenvalue weighted by Gasteiger charge is 2.06. The zero-order valence-electron chi connectivity index (χ0n) is 6.69. The fourth-order valence-corrected chi connectivity index (χ4v) is 0.906. The van der Waals surface area contributed by atoms with Crippen LogP contribution in [-0.2, 0) is 0 Å². The number of carboxylic acids is 1. The smallest absolute Gasteiger partial charge is 0.337 e. The first-order valence-corrected chi connectivity index (χ1v) is 3.56. The van der Waals surface area contributed by atoms with E-state index in [9.17, 15) is 4.79 Å². The molecule has 3 nitrogen and oxygen atoms in total. The zero-order chi connectivity index (χ0) is 8.97. The van der Waals surface area contributed by atoms with Crippen molar-refractivity contribution >= 4 is 17.9 Å². The number of aromatic carboxylic acids is 1. The Bertz CT molecular complexity index is 318. The van der Waals surface area contributed by atoms with Crippen molar-refractivity contribution < 1.29 is 9.90 Å². The Balaban J connectivity index is 3.17. The molecule has 0 aromatic heterocycles. The van der Waals surface area contributed by atoms with Gasteiger partial charge in [-0.25, -0.2) is 4.79 Å². The van der Waals surface area contributed by atoms with Gasteiger partial charge >= 0.3 is 5.97 Å². The van der Waals surface area contributed by atoms with E-state index >= 15 is 0 Å². The fourth-order valence-electron chi connectivity index (χ4n) is 0.906. The first-order valence-electron chi connectivity index (χ1n) is 3.56. The van der Waals surface area contributed by atoms with Crippen molar-refractivity contribution in [2.24, 2.45) is 4.99 Å². The highest BCUT2D eigenvalue weighted by Crippen LogP contribution is 2.17. The second kappa shape index (κ2) is 3.67. The summed E-state index contributed by atoms with van der Waals surface area (Å²) in [6.07, 6.45) is 1.57. The molecule has 0 fully saturated rings. The monoisotopic (exact) mass is 163 g/mol. The first kappa shape index (κ1) is 8.46. The molecule has 12 heavy (non-hydrogen) atoms. The molecule has 0 aliphatic carbocycles. The molecular formula is C9H9NO2. The Morgan fingerprint density at radius 3 is 2.75 bits per heavy atom. The van der Waals surface area contributed by atoms with Crippen LogP contribution in [0.4, 0.5) is 5.69 Å². The third-order valence-corrected chi connectivity index (χ3v) is 1.40. The quantitative estimate of drug-likeness (QED) is 0.679. The summed E-state index contributed by atoms with van der Waals surface area (Å²) in [6.45, 7) is 1.75. The summed E-state index contributed by atoms with van der Waals surface area (Å²) in [4.78, 5) is 14.5. The molecule has 0 amide bonds. The van der Waals surface area contributed by atoms with Crippen molar-refractivity contribution in [2.75, 3.05) is 0 Å². The molecule has 1 aromatic carbocycles. The molecule has 0 unspecified atom stereocenters. The molecule has 1 N–H and O–H groups in total. The van der Waals surface area contributed by atoms with E-state index in [1.807, 2.05) is 0 Å². The van der Waals surface area contributed by atoms with Crippen LogP contribution < -0.4 is 0 Å². The maximum Gasteiger partial charge on any atom is 0.337 e. The summed E-state index contributed by atoms with van der Waals surface area (Å²) >= 11 is 0. The number of hydrogen-bond acceptors (Lipinski definition) is 2. The van der Waals surface area contributed by atoms with Gasteiger partial charge < -0.3 is 5.11 Å². The highest BCUT2D eigenvalue weighted by atomic mass is 16.4. The topological polar surface area (TPSA) is 49.7 Å². The molecule has 1 aromatic rings. The van der Waals surface area contributed by atoms with Crippen LogP contribution in [0.2, 0.25) is 0 Å². The minimum atomic E-state index is -0.948. The molecule has 0 spiro atoms. The molecule has 0 bridgehead atoms. The van der Waals surface area contributed by atoms with Gasteiger partial charge in [0, 0.05) is 6.21 Å². The molecule has 62 valence electrons. The van der Waals surface area contributed by atoms with Gasteiger partial charge in [0.2, 0.25) is 0 Å². The Morgan fingerprint density at radius 1 is 1.50 bits per heavy atom. The molecule has 3 heteroatoms. The van der Waals surface area contributed by atoms with Gasteiger partial charge in [-0.3, -0.25) is 4.99 Å². The molecule has 0 aliphatic rings. The summed E-state index contributed by atoms with van der Waals surface area (Å²) in [5, 5.41) is 8.72. The lowest BCUT2D eigenvalue weighted by atomic mass is 10.2. The summed E-state index contributed by atoms with van der Waals surface area (Å²) in [5.41, 5.74) is 0.725. The highest BCUT2D eigenvalue weighted by molar-refractivity contribution is 5.93. The second-order valence-electron chi connectivity index (χ2n) is 2.21. The standard InChI is InChI=1S/C9H9NO2/c1-2-10-8-6-4-3-5-7(8)9(11)12/h2-6H,1H3,(H,11,12). The van der Waals surface area contributed by atoms with Gasteiger partial charge in [-0.1, -0.05) is 12.1 Å². The fraction of sp³-hybridized carbons (Fsp3) is 0.111. The molecular weight excluding hydrogens is 154 g/mol.